The third-order valence-corrected chi connectivity index (χ3v) is 5.49. The Balaban J connectivity index is 4.27. The molecular weight excluding hydrogens is 473 g/mol. The number of unbranched alkanes of at least 4 members (excludes halogenated alkanes) is 3. The highest BCUT2D eigenvalue weighted by Crippen LogP contribution is 2.43. The Morgan fingerprint density at radius 2 is 1.57 bits per heavy atom. The lowest BCUT2D eigenvalue weighted by atomic mass is 10.1. The average Bonchev–Trinajstić information content (AvgIpc) is 2.82. The van der Waals surface area contributed by atoms with Gasteiger partial charge in [0.25, 0.3) is 0 Å². The largest absolute Gasteiger partial charge is 0.472 e. The fourth-order valence-electron chi connectivity index (χ4n) is 2.74. The maximum absolute atomic E-state index is 12.2. The normalized spacial score (nSPS) is 14.5. The molecule has 202 valence electrons. The molecule has 0 bridgehead atoms. The summed E-state index contributed by atoms with van der Waals surface area (Å²) in [4.78, 5) is 33.4. The van der Waals surface area contributed by atoms with Crippen LogP contribution in [-0.4, -0.2) is 49.3 Å². The Labute approximate surface area is 210 Å². The molecule has 0 rings (SSSR count). The number of carbonyl (C=O) groups excluding carboxylic acids is 2. The molecule has 9 nitrogen and oxygen atoms in total. The van der Waals surface area contributed by atoms with Crippen LogP contribution in [0.4, 0.5) is 0 Å². The molecule has 3 N–H and O–H groups in total. The summed E-state index contributed by atoms with van der Waals surface area (Å²) in [7, 11) is -4.34. The van der Waals surface area contributed by atoms with Crippen LogP contribution in [-0.2, 0) is 32.7 Å². The first kappa shape index (κ1) is 33.2. The Morgan fingerprint density at radius 1 is 0.886 bits per heavy atom. The number of ether oxygens (including phenoxy) is 2. The van der Waals surface area contributed by atoms with Crippen LogP contribution in [0, 0.1) is 0 Å². The van der Waals surface area contributed by atoms with E-state index < -0.39 is 32.5 Å². The van der Waals surface area contributed by atoms with Gasteiger partial charge in [-0.2, -0.15) is 0 Å². The van der Waals surface area contributed by atoms with Gasteiger partial charge in [0.2, 0.25) is 0 Å². The van der Waals surface area contributed by atoms with Crippen molar-refractivity contribution >= 4 is 19.8 Å². The second kappa shape index (κ2) is 22.7. The van der Waals surface area contributed by atoms with E-state index in [9.17, 15) is 19.0 Å². The fourth-order valence-corrected chi connectivity index (χ4v) is 3.51. The zero-order valence-electron chi connectivity index (χ0n) is 21.3. The second-order valence-corrected chi connectivity index (χ2v) is 9.28. The lowest BCUT2D eigenvalue weighted by Crippen LogP contribution is -2.29. The van der Waals surface area contributed by atoms with E-state index in [1.165, 1.54) is 0 Å². The van der Waals surface area contributed by atoms with Gasteiger partial charge in [-0.15, -0.1) is 0 Å². The van der Waals surface area contributed by atoms with E-state index in [-0.39, 0.29) is 32.6 Å². The van der Waals surface area contributed by atoms with Crippen molar-refractivity contribution in [3.05, 3.63) is 36.5 Å². The standard InChI is InChI=1S/C25H44NO8P/c1-3-5-6-7-8-9-10-11-12-13-14-15-16-18-25(28)34-23(21-31-24(27)17-4-2)22-33-35(29,30)32-20-19-26/h5-6,8-9,11-12,23H,3-4,7,10,13-22,26H2,1-2H3,(H,29,30)/b6-5-,9-8-,12-11-. The predicted molar refractivity (Wildman–Crippen MR) is 137 cm³/mol. The topological polar surface area (TPSA) is 134 Å². The first-order valence-corrected chi connectivity index (χ1v) is 14.0. The number of phosphoric acid groups is 1. The van der Waals surface area contributed by atoms with Crippen LogP contribution in [0.15, 0.2) is 36.5 Å². The summed E-state index contributed by atoms with van der Waals surface area (Å²) in [6, 6.07) is 0. The van der Waals surface area contributed by atoms with Crippen molar-refractivity contribution in [2.45, 2.75) is 84.2 Å². The summed E-state index contributed by atoms with van der Waals surface area (Å²) in [5.74, 6) is -0.935. The van der Waals surface area contributed by atoms with E-state index in [4.69, 9.17) is 19.7 Å². The first-order chi connectivity index (χ1) is 16.8. The van der Waals surface area contributed by atoms with Gasteiger partial charge in [0.05, 0.1) is 13.2 Å². The fraction of sp³-hybridized carbons (Fsp3) is 0.680. The van der Waals surface area contributed by atoms with Gasteiger partial charge in [-0.05, 0) is 44.9 Å². The van der Waals surface area contributed by atoms with Gasteiger partial charge in [0.1, 0.15) is 6.61 Å². The molecule has 0 aromatic carbocycles. The summed E-state index contributed by atoms with van der Waals surface area (Å²) in [5.41, 5.74) is 5.24. The molecule has 0 saturated heterocycles. The highest BCUT2D eigenvalue weighted by Gasteiger charge is 2.25. The maximum atomic E-state index is 12.2. The summed E-state index contributed by atoms with van der Waals surface area (Å²) in [5, 5.41) is 0. The number of esters is 2. The van der Waals surface area contributed by atoms with E-state index in [2.05, 4.69) is 47.9 Å². The monoisotopic (exact) mass is 517 g/mol. The molecule has 0 saturated carbocycles. The van der Waals surface area contributed by atoms with Crippen LogP contribution in [0.2, 0.25) is 0 Å². The zero-order valence-corrected chi connectivity index (χ0v) is 22.2. The Kier molecular flexibility index (Phi) is 21.5. The van der Waals surface area contributed by atoms with Gasteiger partial charge in [-0.1, -0.05) is 56.7 Å². The van der Waals surface area contributed by atoms with Crippen molar-refractivity contribution in [3.8, 4) is 0 Å². The highest BCUT2D eigenvalue weighted by molar-refractivity contribution is 7.47. The molecular formula is C25H44NO8P. The van der Waals surface area contributed by atoms with Crippen LogP contribution in [0.1, 0.15) is 78.1 Å². The maximum Gasteiger partial charge on any atom is 0.472 e. The lowest BCUT2D eigenvalue weighted by molar-refractivity contribution is -0.161. The minimum absolute atomic E-state index is 0.0464. The van der Waals surface area contributed by atoms with Crippen molar-refractivity contribution < 1.29 is 37.6 Å². The molecule has 0 aliphatic carbocycles. The third-order valence-electron chi connectivity index (χ3n) is 4.51. The molecule has 0 radical (unpaired) electrons. The Hall–Kier alpha value is -1.77. The highest BCUT2D eigenvalue weighted by atomic mass is 31.2. The number of rotatable bonds is 22. The predicted octanol–water partition coefficient (Wildman–Crippen LogP) is 5.14. The van der Waals surface area contributed by atoms with Gasteiger partial charge < -0.3 is 20.1 Å². The quantitative estimate of drug-likeness (QED) is 0.0866. The SMILES string of the molecule is CC/C=C\C/C=C\C/C=C\CCCCCC(=O)OC(COC(=O)CCC)COP(=O)(O)OCCN. The molecule has 0 heterocycles. The van der Waals surface area contributed by atoms with Crippen LogP contribution in [0.25, 0.3) is 0 Å². The van der Waals surface area contributed by atoms with Crippen LogP contribution < -0.4 is 5.73 Å². The van der Waals surface area contributed by atoms with Gasteiger partial charge in [0.15, 0.2) is 6.10 Å². The first-order valence-electron chi connectivity index (χ1n) is 12.5. The number of nitrogens with two attached hydrogens (primary N) is 1. The zero-order chi connectivity index (χ0) is 26.2. The molecule has 0 aliphatic rings. The van der Waals surface area contributed by atoms with Gasteiger partial charge >= 0.3 is 19.8 Å². The smallest absolute Gasteiger partial charge is 0.462 e. The molecule has 0 aromatic heterocycles. The van der Waals surface area contributed by atoms with E-state index >= 15 is 0 Å². The van der Waals surface area contributed by atoms with Crippen molar-refractivity contribution in [1.82, 2.24) is 0 Å². The van der Waals surface area contributed by atoms with Gasteiger partial charge in [0, 0.05) is 19.4 Å². The molecule has 10 heteroatoms. The molecule has 0 aromatic rings. The average molecular weight is 518 g/mol. The number of carbonyl (C=O) groups is 2. The summed E-state index contributed by atoms with van der Waals surface area (Å²) < 4.78 is 31.7. The molecule has 2 unspecified atom stereocenters. The number of phosphoric ester groups is 1. The molecule has 0 aliphatic heterocycles. The number of hydrogen-bond acceptors (Lipinski definition) is 8. The second-order valence-electron chi connectivity index (χ2n) is 7.82. The minimum atomic E-state index is -4.34. The molecule has 0 amide bonds. The number of allylic oxidation sites excluding steroid dienone is 6. The van der Waals surface area contributed by atoms with Gasteiger partial charge in [-0.25, -0.2) is 4.57 Å². The summed E-state index contributed by atoms with van der Waals surface area (Å²) >= 11 is 0. The van der Waals surface area contributed by atoms with Crippen molar-refractivity contribution in [2.24, 2.45) is 5.73 Å². The van der Waals surface area contributed by atoms with E-state index in [0.29, 0.717) is 12.8 Å². The summed E-state index contributed by atoms with van der Waals surface area (Å²) in [6.07, 6.45) is 19.2. The van der Waals surface area contributed by atoms with Crippen LogP contribution in [0.5, 0.6) is 0 Å². The Bertz CT molecular complexity index is 693. The van der Waals surface area contributed by atoms with E-state index in [0.717, 1.165) is 38.5 Å². The van der Waals surface area contributed by atoms with Crippen molar-refractivity contribution in [3.63, 3.8) is 0 Å². The number of hydrogen-bond donors (Lipinski definition) is 2. The summed E-state index contributed by atoms with van der Waals surface area (Å²) in [6.45, 7) is 3.12. The van der Waals surface area contributed by atoms with E-state index in [1.54, 1.807) is 0 Å². The van der Waals surface area contributed by atoms with Crippen molar-refractivity contribution in [1.29, 1.82) is 0 Å². The Morgan fingerprint density at radius 3 is 2.23 bits per heavy atom. The third kappa shape index (κ3) is 22.4. The van der Waals surface area contributed by atoms with Crippen molar-refractivity contribution in [2.75, 3.05) is 26.4 Å². The lowest BCUT2D eigenvalue weighted by Gasteiger charge is -2.19. The van der Waals surface area contributed by atoms with Gasteiger partial charge in [-0.3, -0.25) is 18.6 Å². The molecule has 2 atom stereocenters. The molecule has 35 heavy (non-hydrogen) atoms. The minimum Gasteiger partial charge on any atom is -0.462 e. The van der Waals surface area contributed by atoms with Crippen LogP contribution >= 0.6 is 7.82 Å². The van der Waals surface area contributed by atoms with E-state index in [1.807, 2.05) is 6.92 Å². The van der Waals surface area contributed by atoms with Crippen LogP contribution in [0.3, 0.4) is 0 Å². The molecule has 0 spiro atoms. The molecule has 0 fully saturated rings.